The summed E-state index contributed by atoms with van der Waals surface area (Å²) in [6.07, 6.45) is 12.6. The zero-order valence-electron chi connectivity index (χ0n) is 10.1. The zero-order chi connectivity index (χ0) is 11.6. The Hall–Kier alpha value is -0.630. The summed E-state index contributed by atoms with van der Waals surface area (Å²) in [5.41, 5.74) is 1.94. The molecule has 1 rings (SSSR count). The molecule has 0 amide bonds. The van der Waals surface area contributed by atoms with Crippen LogP contribution in [0.4, 0.5) is 0 Å². The number of hydrogen-bond acceptors (Lipinski definition) is 2. The van der Waals surface area contributed by atoms with Gasteiger partial charge in [-0.3, -0.25) is 9.97 Å². The van der Waals surface area contributed by atoms with Crippen LogP contribution in [-0.4, -0.2) is 9.97 Å². The lowest BCUT2D eigenvalue weighted by Gasteiger charge is -2.01. The van der Waals surface area contributed by atoms with E-state index >= 15 is 0 Å². The van der Waals surface area contributed by atoms with Gasteiger partial charge >= 0.3 is 0 Å². The lowest BCUT2D eigenvalue weighted by molar-refractivity contribution is 0.604. The molecule has 1 heterocycles. The van der Waals surface area contributed by atoms with Crippen LogP contribution < -0.4 is 0 Å². The van der Waals surface area contributed by atoms with E-state index in [9.17, 15) is 0 Å². The number of hydrogen-bond donors (Lipinski definition) is 0. The lowest BCUT2D eigenvalue weighted by atomic mass is 10.1. The van der Waals surface area contributed by atoms with Gasteiger partial charge in [-0.25, -0.2) is 0 Å². The average molecular weight is 241 g/mol. The quantitative estimate of drug-likeness (QED) is 0.505. The first-order valence-electron chi connectivity index (χ1n) is 6.22. The Morgan fingerprint density at radius 3 is 2.19 bits per heavy atom. The molecule has 90 valence electrons. The SMILES string of the molecule is CCCCCCCCc1cnc(CCl)cn1. The van der Waals surface area contributed by atoms with E-state index in [1.54, 1.807) is 6.20 Å². The second kappa shape index (κ2) is 8.51. The molecule has 0 aliphatic carbocycles. The molecule has 0 unspecified atom stereocenters. The van der Waals surface area contributed by atoms with Gasteiger partial charge in [0.25, 0.3) is 0 Å². The van der Waals surface area contributed by atoms with E-state index in [2.05, 4.69) is 16.9 Å². The van der Waals surface area contributed by atoms with Crippen LogP contribution in [0, 0.1) is 0 Å². The Balaban J connectivity index is 2.12. The van der Waals surface area contributed by atoms with Crippen LogP contribution in [0.5, 0.6) is 0 Å². The molecule has 1 aromatic heterocycles. The Bertz CT molecular complexity index is 272. The fourth-order valence-electron chi connectivity index (χ4n) is 1.67. The normalized spacial score (nSPS) is 10.6. The molecule has 0 atom stereocenters. The van der Waals surface area contributed by atoms with Crippen molar-refractivity contribution >= 4 is 11.6 Å². The highest BCUT2D eigenvalue weighted by atomic mass is 35.5. The van der Waals surface area contributed by atoms with Gasteiger partial charge in [0.2, 0.25) is 0 Å². The van der Waals surface area contributed by atoms with Crippen LogP contribution in [0.15, 0.2) is 12.4 Å². The predicted molar refractivity (Wildman–Crippen MR) is 68.7 cm³/mol. The highest BCUT2D eigenvalue weighted by Gasteiger charge is 1.97. The summed E-state index contributed by atoms with van der Waals surface area (Å²) in [7, 11) is 0. The van der Waals surface area contributed by atoms with E-state index < -0.39 is 0 Å². The van der Waals surface area contributed by atoms with E-state index in [0.29, 0.717) is 5.88 Å². The van der Waals surface area contributed by atoms with Crippen molar-refractivity contribution in [3.8, 4) is 0 Å². The van der Waals surface area contributed by atoms with Gasteiger partial charge in [-0.05, 0) is 12.8 Å². The summed E-state index contributed by atoms with van der Waals surface area (Å²) in [6, 6.07) is 0. The summed E-state index contributed by atoms with van der Waals surface area (Å²) in [5, 5.41) is 0. The molecular formula is C13H21ClN2. The van der Waals surface area contributed by atoms with Crippen LogP contribution in [0.3, 0.4) is 0 Å². The number of halogens is 1. The summed E-state index contributed by atoms with van der Waals surface area (Å²) in [6.45, 7) is 2.24. The second-order valence-electron chi connectivity index (χ2n) is 4.15. The molecular weight excluding hydrogens is 220 g/mol. The van der Waals surface area contributed by atoms with Crippen LogP contribution in [-0.2, 0) is 12.3 Å². The maximum absolute atomic E-state index is 5.65. The Morgan fingerprint density at radius 1 is 0.938 bits per heavy atom. The van der Waals surface area contributed by atoms with Crippen molar-refractivity contribution in [1.82, 2.24) is 9.97 Å². The predicted octanol–water partition coefficient (Wildman–Crippen LogP) is 4.12. The van der Waals surface area contributed by atoms with E-state index in [1.807, 2.05) is 6.20 Å². The lowest BCUT2D eigenvalue weighted by Crippen LogP contribution is -1.94. The van der Waals surface area contributed by atoms with E-state index in [-0.39, 0.29) is 0 Å². The molecule has 0 radical (unpaired) electrons. The van der Waals surface area contributed by atoms with Crippen molar-refractivity contribution in [2.75, 3.05) is 0 Å². The standard InChI is InChI=1S/C13H21ClN2/c1-2-3-4-5-6-7-8-12-10-16-13(9-14)11-15-12/h10-11H,2-9H2,1H3. The molecule has 2 nitrogen and oxygen atoms in total. The minimum atomic E-state index is 0.449. The highest BCUT2D eigenvalue weighted by molar-refractivity contribution is 6.16. The fraction of sp³-hybridized carbons (Fsp3) is 0.692. The summed E-state index contributed by atoms with van der Waals surface area (Å²) in [4.78, 5) is 8.57. The molecule has 0 aliphatic rings. The first-order chi connectivity index (χ1) is 7.86. The van der Waals surface area contributed by atoms with Crippen molar-refractivity contribution in [2.24, 2.45) is 0 Å². The van der Waals surface area contributed by atoms with Crippen LogP contribution >= 0.6 is 11.6 Å². The Morgan fingerprint density at radius 2 is 1.56 bits per heavy atom. The molecule has 0 saturated heterocycles. The second-order valence-corrected chi connectivity index (χ2v) is 4.42. The largest absolute Gasteiger partial charge is 0.258 e. The van der Waals surface area contributed by atoms with Crippen molar-refractivity contribution in [2.45, 2.75) is 57.7 Å². The molecule has 0 N–H and O–H groups in total. The van der Waals surface area contributed by atoms with Crippen molar-refractivity contribution < 1.29 is 0 Å². The number of aromatic nitrogens is 2. The highest BCUT2D eigenvalue weighted by Crippen LogP contribution is 2.08. The maximum atomic E-state index is 5.65. The van der Waals surface area contributed by atoms with E-state index in [4.69, 9.17) is 11.6 Å². The topological polar surface area (TPSA) is 25.8 Å². The fourth-order valence-corrected chi connectivity index (χ4v) is 1.80. The van der Waals surface area contributed by atoms with Gasteiger partial charge in [-0.15, -0.1) is 11.6 Å². The summed E-state index contributed by atoms with van der Waals surface area (Å²) < 4.78 is 0. The molecule has 3 heteroatoms. The number of rotatable bonds is 8. The number of nitrogens with zero attached hydrogens (tertiary/aromatic N) is 2. The number of alkyl halides is 1. The van der Waals surface area contributed by atoms with Gasteiger partial charge < -0.3 is 0 Å². The summed E-state index contributed by atoms with van der Waals surface area (Å²) in [5.74, 6) is 0.449. The monoisotopic (exact) mass is 240 g/mol. The van der Waals surface area contributed by atoms with Crippen LogP contribution in [0.2, 0.25) is 0 Å². The molecule has 1 aromatic rings. The third-order valence-electron chi connectivity index (χ3n) is 2.68. The molecule has 0 aliphatic heterocycles. The van der Waals surface area contributed by atoms with Crippen LogP contribution in [0.25, 0.3) is 0 Å². The van der Waals surface area contributed by atoms with Crippen molar-refractivity contribution in [3.05, 3.63) is 23.8 Å². The molecule has 0 bridgehead atoms. The minimum absolute atomic E-state index is 0.449. The van der Waals surface area contributed by atoms with Crippen LogP contribution in [0.1, 0.15) is 56.8 Å². The molecule has 0 saturated carbocycles. The van der Waals surface area contributed by atoms with E-state index in [1.165, 1.54) is 38.5 Å². The van der Waals surface area contributed by atoms with Gasteiger partial charge in [0.15, 0.2) is 0 Å². The Labute approximate surface area is 103 Å². The minimum Gasteiger partial charge on any atom is -0.258 e. The molecule has 0 fully saturated rings. The average Bonchev–Trinajstić information content (AvgIpc) is 2.34. The van der Waals surface area contributed by atoms with Gasteiger partial charge in [-0.1, -0.05) is 39.0 Å². The van der Waals surface area contributed by atoms with Crippen molar-refractivity contribution in [3.63, 3.8) is 0 Å². The van der Waals surface area contributed by atoms with E-state index in [0.717, 1.165) is 17.8 Å². The number of unbranched alkanes of at least 4 members (excludes halogenated alkanes) is 5. The maximum Gasteiger partial charge on any atom is 0.0734 e. The first-order valence-corrected chi connectivity index (χ1v) is 6.76. The van der Waals surface area contributed by atoms with Crippen molar-refractivity contribution in [1.29, 1.82) is 0 Å². The molecule has 16 heavy (non-hydrogen) atoms. The third kappa shape index (κ3) is 5.45. The zero-order valence-corrected chi connectivity index (χ0v) is 10.8. The van der Waals surface area contributed by atoms with Gasteiger partial charge in [0.1, 0.15) is 0 Å². The summed E-state index contributed by atoms with van der Waals surface area (Å²) >= 11 is 5.65. The first kappa shape index (κ1) is 13.4. The van der Waals surface area contributed by atoms with Gasteiger partial charge in [0, 0.05) is 12.4 Å². The van der Waals surface area contributed by atoms with Gasteiger partial charge in [-0.2, -0.15) is 0 Å². The molecule has 0 spiro atoms. The number of aryl methyl sites for hydroxylation is 1. The smallest absolute Gasteiger partial charge is 0.0734 e. The third-order valence-corrected chi connectivity index (χ3v) is 2.96. The Kier molecular flexibility index (Phi) is 7.15. The molecule has 0 aromatic carbocycles. The van der Waals surface area contributed by atoms with Gasteiger partial charge in [0.05, 0.1) is 17.3 Å².